The molecule has 0 unspecified atom stereocenters. The molecule has 3 N–H and O–H groups in total. The normalized spacial score (nSPS) is 10.6. The van der Waals surface area contributed by atoms with E-state index in [1.807, 2.05) is 32.0 Å². The quantitative estimate of drug-likeness (QED) is 0.226. The van der Waals surface area contributed by atoms with Crippen molar-refractivity contribution in [2.75, 3.05) is 32.2 Å². The molecule has 0 radical (unpaired) electrons. The Morgan fingerprint density at radius 3 is 2.59 bits per heavy atom. The molecule has 0 aliphatic rings. The highest BCUT2D eigenvalue weighted by atomic mass is 16.5. The Bertz CT molecular complexity index is 975. The molecule has 0 bridgehead atoms. The third-order valence-electron chi connectivity index (χ3n) is 4.32. The fraction of sp³-hybridized carbons (Fsp3) is 0.304. The zero-order valence-corrected chi connectivity index (χ0v) is 18.4. The van der Waals surface area contributed by atoms with E-state index in [0.29, 0.717) is 30.9 Å². The predicted octanol–water partition coefficient (Wildman–Crippen LogP) is 1.92. The van der Waals surface area contributed by atoms with Crippen molar-refractivity contribution in [2.24, 2.45) is 5.10 Å². The van der Waals surface area contributed by atoms with E-state index >= 15 is 0 Å². The number of nitrogens with zero attached hydrogens (tertiary/aromatic N) is 1. The van der Waals surface area contributed by atoms with Crippen LogP contribution in [0.4, 0.5) is 5.69 Å². The standard InChI is InChI=1S/C23H28N4O5/c1-16-9-10-19(17(2)13-16)26-21(28)15-32-20-8-5-4-7-18(20)14-25-27-23(30)22(29)24-11-6-12-31-3/h4-5,7-10,13-14H,6,11-12,15H2,1-3H3,(H,24,29)(H,26,28)(H,27,30)/b25-14-. The summed E-state index contributed by atoms with van der Waals surface area (Å²) in [7, 11) is 1.56. The van der Waals surface area contributed by atoms with E-state index in [9.17, 15) is 14.4 Å². The second-order valence-electron chi connectivity index (χ2n) is 6.99. The molecule has 9 heteroatoms. The van der Waals surface area contributed by atoms with E-state index in [2.05, 4.69) is 21.2 Å². The molecule has 3 amide bonds. The van der Waals surface area contributed by atoms with Gasteiger partial charge in [-0.2, -0.15) is 5.10 Å². The number of hydrazone groups is 1. The van der Waals surface area contributed by atoms with E-state index in [-0.39, 0.29) is 12.5 Å². The van der Waals surface area contributed by atoms with Gasteiger partial charge in [0.15, 0.2) is 6.61 Å². The first-order chi connectivity index (χ1) is 15.4. The van der Waals surface area contributed by atoms with E-state index < -0.39 is 11.8 Å². The van der Waals surface area contributed by atoms with Crippen molar-refractivity contribution in [1.82, 2.24) is 10.7 Å². The van der Waals surface area contributed by atoms with Gasteiger partial charge in [0.05, 0.1) is 6.21 Å². The first-order valence-corrected chi connectivity index (χ1v) is 10.1. The van der Waals surface area contributed by atoms with Crippen molar-refractivity contribution < 1.29 is 23.9 Å². The second-order valence-corrected chi connectivity index (χ2v) is 6.99. The molecule has 0 spiro atoms. The lowest BCUT2D eigenvalue weighted by Crippen LogP contribution is -2.38. The van der Waals surface area contributed by atoms with Gasteiger partial charge in [0, 0.05) is 31.5 Å². The summed E-state index contributed by atoms with van der Waals surface area (Å²) >= 11 is 0. The van der Waals surface area contributed by atoms with Gasteiger partial charge in [0.1, 0.15) is 5.75 Å². The highest BCUT2D eigenvalue weighted by Crippen LogP contribution is 2.18. The largest absolute Gasteiger partial charge is 0.483 e. The van der Waals surface area contributed by atoms with Gasteiger partial charge in [-0.3, -0.25) is 14.4 Å². The van der Waals surface area contributed by atoms with Crippen molar-refractivity contribution in [3.8, 4) is 5.75 Å². The molecule has 0 saturated carbocycles. The minimum absolute atomic E-state index is 0.200. The summed E-state index contributed by atoms with van der Waals surface area (Å²) in [6.45, 7) is 4.51. The number of para-hydroxylation sites is 1. The molecule has 0 aliphatic carbocycles. The topological polar surface area (TPSA) is 118 Å². The van der Waals surface area contributed by atoms with Gasteiger partial charge in [-0.15, -0.1) is 0 Å². The molecule has 2 aromatic rings. The van der Waals surface area contributed by atoms with Crippen molar-refractivity contribution in [2.45, 2.75) is 20.3 Å². The number of anilines is 1. The van der Waals surface area contributed by atoms with Crippen LogP contribution < -0.4 is 20.8 Å². The number of aryl methyl sites for hydroxylation is 2. The van der Waals surface area contributed by atoms with Crippen LogP contribution in [0.2, 0.25) is 0 Å². The zero-order chi connectivity index (χ0) is 23.3. The minimum atomic E-state index is -0.884. The number of carbonyl (C=O) groups is 3. The lowest BCUT2D eigenvalue weighted by atomic mass is 10.1. The van der Waals surface area contributed by atoms with Crippen molar-refractivity contribution in [3.05, 3.63) is 59.2 Å². The van der Waals surface area contributed by atoms with E-state index in [0.717, 1.165) is 16.8 Å². The summed E-state index contributed by atoms with van der Waals surface area (Å²) < 4.78 is 10.5. The van der Waals surface area contributed by atoms with Gasteiger partial charge in [-0.05, 0) is 44.0 Å². The monoisotopic (exact) mass is 440 g/mol. The van der Waals surface area contributed by atoms with Crippen LogP contribution in [0.15, 0.2) is 47.6 Å². The highest BCUT2D eigenvalue weighted by molar-refractivity contribution is 6.35. The Morgan fingerprint density at radius 1 is 1.06 bits per heavy atom. The number of benzene rings is 2. The average molecular weight is 441 g/mol. The van der Waals surface area contributed by atoms with Crippen LogP contribution in [0, 0.1) is 13.8 Å². The van der Waals surface area contributed by atoms with Gasteiger partial charge in [-0.25, -0.2) is 5.43 Å². The van der Waals surface area contributed by atoms with Gasteiger partial charge in [0.25, 0.3) is 5.91 Å². The molecule has 0 aromatic heterocycles. The molecule has 0 heterocycles. The Labute approximate surface area is 187 Å². The first kappa shape index (κ1) is 24.5. The minimum Gasteiger partial charge on any atom is -0.483 e. The highest BCUT2D eigenvalue weighted by Gasteiger charge is 2.12. The van der Waals surface area contributed by atoms with E-state index in [1.165, 1.54) is 6.21 Å². The van der Waals surface area contributed by atoms with E-state index in [4.69, 9.17) is 9.47 Å². The van der Waals surface area contributed by atoms with Crippen LogP contribution in [-0.4, -0.2) is 50.8 Å². The maximum Gasteiger partial charge on any atom is 0.329 e. The molecule has 32 heavy (non-hydrogen) atoms. The number of ether oxygens (including phenoxy) is 2. The number of methoxy groups -OCH3 is 1. The van der Waals surface area contributed by atoms with Crippen molar-refractivity contribution in [3.63, 3.8) is 0 Å². The third-order valence-corrected chi connectivity index (χ3v) is 4.32. The number of amides is 3. The summed E-state index contributed by atoms with van der Waals surface area (Å²) in [5, 5.41) is 9.07. The van der Waals surface area contributed by atoms with Crippen LogP contribution >= 0.6 is 0 Å². The molecule has 2 aromatic carbocycles. The molecule has 9 nitrogen and oxygen atoms in total. The summed E-state index contributed by atoms with van der Waals surface area (Å²) in [5.41, 5.74) is 5.49. The number of hydrogen-bond acceptors (Lipinski definition) is 6. The summed E-state index contributed by atoms with van der Waals surface area (Å²) in [5.74, 6) is -1.57. The van der Waals surface area contributed by atoms with Crippen LogP contribution in [0.1, 0.15) is 23.1 Å². The van der Waals surface area contributed by atoms with Gasteiger partial charge >= 0.3 is 11.8 Å². The Morgan fingerprint density at radius 2 is 1.84 bits per heavy atom. The molecule has 0 atom stereocenters. The maximum absolute atomic E-state index is 12.3. The van der Waals surface area contributed by atoms with Crippen molar-refractivity contribution in [1.29, 1.82) is 0 Å². The molecule has 2 rings (SSSR count). The Balaban J connectivity index is 1.87. The number of hydrogen-bond donors (Lipinski definition) is 3. The van der Waals surface area contributed by atoms with Crippen LogP contribution in [0.25, 0.3) is 0 Å². The molecule has 0 saturated heterocycles. The number of nitrogens with one attached hydrogen (secondary N) is 3. The lowest BCUT2D eigenvalue weighted by Gasteiger charge is -2.11. The third kappa shape index (κ3) is 8.19. The molecular weight excluding hydrogens is 412 g/mol. The maximum atomic E-state index is 12.3. The van der Waals surface area contributed by atoms with Crippen molar-refractivity contribution >= 4 is 29.6 Å². The second kappa shape index (κ2) is 12.9. The van der Waals surface area contributed by atoms with Crippen LogP contribution in [-0.2, 0) is 19.1 Å². The smallest absolute Gasteiger partial charge is 0.329 e. The van der Waals surface area contributed by atoms with E-state index in [1.54, 1.807) is 31.4 Å². The predicted molar refractivity (Wildman–Crippen MR) is 122 cm³/mol. The van der Waals surface area contributed by atoms with Crippen LogP contribution in [0.5, 0.6) is 5.75 Å². The lowest BCUT2D eigenvalue weighted by molar-refractivity contribution is -0.139. The SMILES string of the molecule is COCCCNC(=O)C(=O)N/N=C\c1ccccc1OCC(=O)Nc1ccc(C)cc1C. The van der Waals surface area contributed by atoms with Gasteiger partial charge in [0.2, 0.25) is 0 Å². The summed E-state index contributed by atoms with van der Waals surface area (Å²) in [6, 6.07) is 12.6. The van der Waals surface area contributed by atoms with Crippen LogP contribution in [0.3, 0.4) is 0 Å². The molecule has 0 aliphatic heterocycles. The average Bonchev–Trinajstić information content (AvgIpc) is 2.77. The molecular formula is C23H28N4O5. The van der Waals surface area contributed by atoms with Gasteiger partial charge < -0.3 is 20.1 Å². The zero-order valence-electron chi connectivity index (χ0n) is 18.4. The molecule has 170 valence electrons. The fourth-order valence-electron chi connectivity index (χ4n) is 2.71. The summed E-state index contributed by atoms with van der Waals surface area (Å²) in [6.07, 6.45) is 1.94. The first-order valence-electron chi connectivity index (χ1n) is 10.1. The van der Waals surface area contributed by atoms with Gasteiger partial charge in [-0.1, -0.05) is 29.8 Å². The number of carbonyl (C=O) groups excluding carboxylic acids is 3. The summed E-state index contributed by atoms with van der Waals surface area (Å²) in [4.78, 5) is 35.7. The fourth-order valence-corrected chi connectivity index (χ4v) is 2.71. The number of rotatable bonds is 10. The molecule has 0 fully saturated rings. The Hall–Kier alpha value is -3.72. The Kier molecular flexibility index (Phi) is 9.86.